The second-order valence-electron chi connectivity index (χ2n) is 10.1. The summed E-state index contributed by atoms with van der Waals surface area (Å²) in [5.74, 6) is 2.43. The van der Waals surface area contributed by atoms with Crippen molar-refractivity contribution in [2.75, 3.05) is 11.9 Å². The minimum Gasteiger partial charge on any atom is -0.451 e. The van der Waals surface area contributed by atoms with Crippen molar-refractivity contribution in [2.45, 2.75) is 31.1 Å². The Morgan fingerprint density at radius 3 is 2.13 bits per heavy atom. The lowest BCUT2D eigenvalue weighted by Crippen LogP contribution is -2.24. The van der Waals surface area contributed by atoms with Crippen molar-refractivity contribution < 1.29 is 12.9 Å². The van der Waals surface area contributed by atoms with Gasteiger partial charge in [-0.25, -0.2) is 0 Å². The van der Waals surface area contributed by atoms with Crippen LogP contribution in [0.5, 0.6) is 5.75 Å². The van der Waals surface area contributed by atoms with Crippen molar-refractivity contribution in [2.24, 2.45) is 4.15 Å². The van der Waals surface area contributed by atoms with Gasteiger partial charge in [-0.05, 0) is 67.1 Å². The van der Waals surface area contributed by atoms with Crippen LogP contribution in [-0.4, -0.2) is 15.5 Å². The van der Waals surface area contributed by atoms with Gasteiger partial charge in [-0.1, -0.05) is 79.5 Å². The van der Waals surface area contributed by atoms with Gasteiger partial charge in [0.2, 0.25) is 7.28 Å². The highest BCUT2D eigenvalue weighted by atomic mass is 35.5. The van der Waals surface area contributed by atoms with Crippen LogP contribution >= 0.6 is 18.9 Å². The molecule has 1 aliphatic rings. The Balaban J connectivity index is 1.83. The van der Waals surface area contributed by atoms with E-state index in [0.717, 1.165) is 22.5 Å². The summed E-state index contributed by atoms with van der Waals surface area (Å²) in [6, 6.07) is 31.2. The molecular weight excluding hydrogens is 547 g/mol. The van der Waals surface area contributed by atoms with Gasteiger partial charge in [0.05, 0.1) is 4.90 Å². The van der Waals surface area contributed by atoms with Gasteiger partial charge in [0.1, 0.15) is 5.75 Å². The molecule has 1 atom stereocenters. The van der Waals surface area contributed by atoms with Gasteiger partial charge in [-0.2, -0.15) is 8.42 Å². The summed E-state index contributed by atoms with van der Waals surface area (Å²) in [6.07, 6.45) is 0. The van der Waals surface area contributed by atoms with Gasteiger partial charge in [0.25, 0.3) is 10.0 Å². The summed E-state index contributed by atoms with van der Waals surface area (Å²) in [5.41, 5.74) is 3.67. The molecule has 1 heterocycles. The second-order valence-corrected chi connectivity index (χ2v) is 14.8. The molecule has 200 valence electrons. The predicted molar refractivity (Wildman–Crippen MR) is 162 cm³/mol. The fourth-order valence-electron chi connectivity index (χ4n) is 4.85. The Hall–Kier alpha value is -3.31. The van der Waals surface area contributed by atoms with Gasteiger partial charge in [-0.3, -0.25) is 0 Å². The van der Waals surface area contributed by atoms with Crippen molar-refractivity contribution >= 4 is 39.9 Å². The Bertz CT molecular complexity index is 1700. The minimum atomic E-state index is -4.11. The van der Waals surface area contributed by atoms with Crippen LogP contribution in [0.4, 0.5) is 5.69 Å². The average molecular weight is 577 g/mol. The first-order valence-corrected chi connectivity index (χ1v) is 16.1. The zero-order valence-electron chi connectivity index (χ0n) is 22.2. The van der Waals surface area contributed by atoms with Crippen molar-refractivity contribution in [1.82, 2.24) is 0 Å². The SMILES string of the molecule is Cc1ccc(S(=O)(=O)N=[P@@](/C=C2\N(C)c3ccccc3C2(C)C)(Oc2ccc(Cl)cc2)c2ccccc2)cc1. The Labute approximate surface area is 235 Å². The quantitative estimate of drug-likeness (QED) is 0.217. The number of aryl methyl sites for hydroxylation is 1. The first-order valence-electron chi connectivity index (χ1n) is 12.5. The second kappa shape index (κ2) is 10.3. The lowest BCUT2D eigenvalue weighted by molar-refractivity contribution is 0.593. The third-order valence-electron chi connectivity index (χ3n) is 6.97. The maximum atomic E-state index is 13.9. The van der Waals surface area contributed by atoms with Crippen LogP contribution in [0.1, 0.15) is 25.0 Å². The van der Waals surface area contributed by atoms with Gasteiger partial charge < -0.3 is 9.42 Å². The first-order chi connectivity index (χ1) is 18.5. The molecule has 0 aromatic heterocycles. The number of rotatable bonds is 6. The van der Waals surface area contributed by atoms with E-state index in [4.69, 9.17) is 16.1 Å². The molecule has 4 aromatic carbocycles. The Morgan fingerprint density at radius 2 is 1.49 bits per heavy atom. The van der Waals surface area contributed by atoms with E-state index in [0.29, 0.717) is 16.1 Å². The number of hydrogen-bond acceptors (Lipinski definition) is 4. The largest absolute Gasteiger partial charge is 0.451 e. The number of likely N-dealkylation sites (N-methyl/N-ethyl adjacent to an activating group) is 1. The number of allylic oxidation sites excluding steroid dienone is 1. The number of para-hydroxylation sites is 1. The molecule has 1 aliphatic heterocycles. The van der Waals surface area contributed by atoms with Crippen molar-refractivity contribution in [3.63, 3.8) is 0 Å². The Morgan fingerprint density at radius 1 is 0.872 bits per heavy atom. The lowest BCUT2D eigenvalue weighted by atomic mass is 9.84. The number of hydrogen-bond donors (Lipinski definition) is 0. The topological polar surface area (TPSA) is 59.0 Å². The van der Waals surface area contributed by atoms with E-state index in [9.17, 15) is 8.42 Å². The molecule has 0 bridgehead atoms. The first kappa shape index (κ1) is 27.3. The fourth-order valence-corrected chi connectivity index (χ4v) is 9.99. The molecule has 0 saturated heterocycles. The normalized spacial score (nSPS) is 16.9. The molecule has 39 heavy (non-hydrogen) atoms. The van der Waals surface area contributed by atoms with E-state index in [-0.39, 0.29) is 4.90 Å². The summed E-state index contributed by atoms with van der Waals surface area (Å²) >= 11 is 6.16. The van der Waals surface area contributed by atoms with Gasteiger partial charge in [0.15, 0.2) is 0 Å². The maximum Gasteiger partial charge on any atom is 0.284 e. The van der Waals surface area contributed by atoms with Crippen LogP contribution in [0, 0.1) is 6.92 Å². The molecule has 0 fully saturated rings. The molecule has 5 rings (SSSR count). The molecular formula is C31H30ClN2O3PS. The van der Waals surface area contributed by atoms with Crippen LogP contribution in [0.15, 0.2) is 124 Å². The average Bonchev–Trinajstić information content (AvgIpc) is 3.11. The van der Waals surface area contributed by atoms with Crippen LogP contribution in [-0.2, 0) is 15.4 Å². The molecule has 0 unspecified atom stereocenters. The van der Waals surface area contributed by atoms with Gasteiger partial charge >= 0.3 is 0 Å². The zero-order chi connectivity index (χ0) is 27.8. The van der Waals surface area contributed by atoms with Crippen LogP contribution in [0.3, 0.4) is 0 Å². The number of anilines is 1. The monoisotopic (exact) mass is 576 g/mol. The van der Waals surface area contributed by atoms with Crippen LogP contribution in [0.2, 0.25) is 5.02 Å². The predicted octanol–water partition coefficient (Wildman–Crippen LogP) is 8.13. The Kier molecular flexibility index (Phi) is 7.23. The van der Waals surface area contributed by atoms with E-state index in [1.54, 1.807) is 48.5 Å². The number of sulfonamides is 1. The molecule has 0 saturated carbocycles. The summed E-state index contributed by atoms with van der Waals surface area (Å²) < 4.78 is 39.3. The summed E-state index contributed by atoms with van der Waals surface area (Å²) in [7, 11) is -5.51. The third kappa shape index (κ3) is 5.29. The highest BCUT2D eigenvalue weighted by Gasteiger charge is 2.41. The number of nitrogens with zero attached hydrogens (tertiary/aromatic N) is 2. The highest BCUT2D eigenvalue weighted by molar-refractivity contribution is 7.95. The van der Waals surface area contributed by atoms with Crippen molar-refractivity contribution in [3.05, 3.63) is 131 Å². The summed E-state index contributed by atoms with van der Waals surface area (Å²) in [6.45, 7) is 6.19. The van der Waals surface area contributed by atoms with E-state index < -0.39 is 22.7 Å². The van der Waals surface area contributed by atoms with Crippen LogP contribution < -0.4 is 14.7 Å². The zero-order valence-corrected chi connectivity index (χ0v) is 24.7. The molecule has 0 amide bonds. The van der Waals surface area contributed by atoms with Crippen LogP contribution in [0.25, 0.3) is 0 Å². The summed E-state index contributed by atoms with van der Waals surface area (Å²) in [4.78, 5) is 2.22. The van der Waals surface area contributed by atoms with Gasteiger partial charge in [-0.15, -0.1) is 4.15 Å². The van der Waals surface area contributed by atoms with E-state index in [2.05, 4.69) is 35.0 Å². The molecule has 0 N–H and O–H groups in total. The minimum absolute atomic E-state index is 0.119. The molecule has 0 aliphatic carbocycles. The smallest absolute Gasteiger partial charge is 0.284 e. The molecule has 0 radical (unpaired) electrons. The molecule has 8 heteroatoms. The van der Waals surface area contributed by atoms with Crippen molar-refractivity contribution in [3.8, 4) is 5.75 Å². The van der Waals surface area contributed by atoms with Gasteiger partial charge in [0, 0.05) is 40.0 Å². The summed E-state index contributed by atoms with van der Waals surface area (Å²) in [5, 5.41) is 1.24. The van der Waals surface area contributed by atoms with E-state index >= 15 is 0 Å². The third-order valence-corrected chi connectivity index (χ3v) is 12.0. The fraction of sp³-hybridized carbons (Fsp3) is 0.161. The molecule has 0 spiro atoms. The molecule has 5 nitrogen and oxygen atoms in total. The standard InChI is InChI=1S/C31H30ClN2O3PS/c1-23-14-20-27(21-15-23)39(35,36)33-38(26-10-6-5-7-11-26,37-25-18-16-24(32)17-19-25)22-30-31(2,3)28-12-8-9-13-29(28)34(30)4/h5-22H,1-4H3/b30-22-/t38-/m0/s1. The highest BCUT2D eigenvalue weighted by Crippen LogP contribution is 2.58. The lowest BCUT2D eigenvalue weighted by Gasteiger charge is -2.29. The maximum absolute atomic E-state index is 13.9. The number of benzene rings is 4. The van der Waals surface area contributed by atoms with Crippen molar-refractivity contribution in [1.29, 1.82) is 0 Å². The molecule has 4 aromatic rings. The van der Waals surface area contributed by atoms with E-state index in [1.165, 1.54) is 0 Å². The number of fused-ring (bicyclic) bond motifs is 1. The van der Waals surface area contributed by atoms with E-state index in [1.807, 2.05) is 62.3 Å². The number of halogens is 1.